The Bertz CT molecular complexity index is 832. The predicted molar refractivity (Wildman–Crippen MR) is 200 cm³/mol. The second-order valence-electron chi connectivity index (χ2n) is 16.4. The van der Waals surface area contributed by atoms with E-state index in [2.05, 4.69) is 0 Å². The Morgan fingerprint density at radius 2 is 0.511 bits per heavy atom. The van der Waals surface area contributed by atoms with E-state index >= 15 is 0 Å². The Labute approximate surface area is 286 Å². The summed E-state index contributed by atoms with van der Waals surface area (Å²) in [6.45, 7) is 0. The highest BCUT2D eigenvalue weighted by atomic mass is 32.4. The summed E-state index contributed by atoms with van der Waals surface area (Å²) >= 11 is 7.58. The van der Waals surface area contributed by atoms with Gasteiger partial charge in [-0.1, -0.05) is 192 Å². The van der Waals surface area contributed by atoms with Gasteiger partial charge in [0.15, 0.2) is 0 Å². The largest absolute Gasteiger partial charge is 0.374 e. The van der Waals surface area contributed by atoms with Crippen LogP contribution in [0, 0.1) is 0 Å². The summed E-state index contributed by atoms with van der Waals surface area (Å²) in [4.78, 5) is 0. The minimum atomic E-state index is -1.74. The normalized spacial score (nSPS) is 40.3. The molecule has 5 fully saturated rings. The zero-order valence-corrected chi connectivity index (χ0v) is 31.5. The molecule has 5 aliphatic rings. The molecule has 2 aliphatic heterocycles. The van der Waals surface area contributed by atoms with Crippen LogP contribution >= 0.6 is 6.04 Å². The molecule has 2 nitrogen and oxygen atoms in total. The third-order valence-corrected chi connectivity index (χ3v) is 20.2. The molecule has 45 heavy (non-hydrogen) atoms. The van der Waals surface area contributed by atoms with Crippen LogP contribution in [-0.4, -0.2) is 41.4 Å². The molecule has 2 heterocycles. The van der Waals surface area contributed by atoms with E-state index < -0.39 is 6.04 Å². The molecule has 0 radical (unpaired) electrons. The van der Waals surface area contributed by atoms with Gasteiger partial charge in [-0.2, -0.15) is 0 Å². The van der Waals surface area contributed by atoms with Gasteiger partial charge >= 0.3 is 0 Å². The van der Waals surface area contributed by atoms with E-state index in [-0.39, 0.29) is 0 Å². The first-order valence-electron chi connectivity index (χ1n) is 21.2. The highest BCUT2D eigenvalue weighted by Gasteiger charge is 2.59. The standard InChI is InChI=1S/C41H75O2PS/c45-44-39-33-27-21-15-9-2-1-5-11-17-23-29-35(39)42-37-31-25-19-13-7-3-8-14-20-26-32-38(41(37)44)43-36-30-24-18-12-6-4-10-16-22-28-34-40(36)44/h35-41H,1-34H2/t35?,36-,37?,38?,39?,40?,41?,44?/m0/s1. The van der Waals surface area contributed by atoms with E-state index in [1.807, 2.05) is 0 Å². The van der Waals surface area contributed by atoms with Gasteiger partial charge in [0.25, 0.3) is 0 Å². The Hall–Kier alpha value is 0.570. The average molecular weight is 663 g/mol. The maximum absolute atomic E-state index is 7.58. The third-order valence-electron chi connectivity index (χ3n) is 13.0. The Balaban J connectivity index is 1.48. The molecule has 0 bridgehead atoms. The summed E-state index contributed by atoms with van der Waals surface area (Å²) in [7, 11) is 0. The Kier molecular flexibility index (Phi) is 17.1. The molecule has 0 aromatic heterocycles. The number of hydrogen-bond donors (Lipinski definition) is 0. The molecule has 0 spiro atoms. The predicted octanol–water partition coefficient (Wildman–Crippen LogP) is 13.4. The van der Waals surface area contributed by atoms with Gasteiger partial charge < -0.3 is 9.47 Å². The molecule has 3 saturated carbocycles. The number of fused-ring (bicyclic) bond motifs is 4. The van der Waals surface area contributed by atoms with Crippen molar-refractivity contribution in [2.75, 3.05) is 0 Å². The molecule has 0 N–H and O–H groups in total. The average Bonchev–Trinajstić information content (AvgIpc) is 3.06. The molecule has 3 aliphatic carbocycles. The maximum atomic E-state index is 7.58. The summed E-state index contributed by atoms with van der Waals surface area (Å²) in [6, 6.07) is -1.74. The highest BCUT2D eigenvalue weighted by molar-refractivity contribution is 8.15. The molecular weight excluding hydrogens is 587 g/mol. The van der Waals surface area contributed by atoms with Crippen LogP contribution in [0.1, 0.15) is 218 Å². The van der Waals surface area contributed by atoms with Gasteiger partial charge in [0.1, 0.15) is 0 Å². The van der Waals surface area contributed by atoms with Crippen molar-refractivity contribution < 1.29 is 9.47 Å². The molecule has 0 aromatic carbocycles. The van der Waals surface area contributed by atoms with Crippen molar-refractivity contribution in [2.45, 2.75) is 260 Å². The van der Waals surface area contributed by atoms with Gasteiger partial charge in [-0.15, -0.1) is 0 Å². The van der Waals surface area contributed by atoms with Crippen LogP contribution in [0.3, 0.4) is 0 Å². The Morgan fingerprint density at radius 1 is 0.289 bits per heavy atom. The van der Waals surface area contributed by atoms with E-state index in [4.69, 9.17) is 21.3 Å². The van der Waals surface area contributed by atoms with Crippen molar-refractivity contribution in [1.29, 1.82) is 0 Å². The third kappa shape index (κ3) is 11.0. The lowest BCUT2D eigenvalue weighted by Crippen LogP contribution is -2.59. The van der Waals surface area contributed by atoms with Crippen molar-refractivity contribution in [3.63, 3.8) is 0 Å². The lowest BCUT2D eigenvalue weighted by molar-refractivity contribution is -0.100. The van der Waals surface area contributed by atoms with Crippen LogP contribution in [0.2, 0.25) is 0 Å². The number of rotatable bonds is 0. The van der Waals surface area contributed by atoms with Crippen molar-refractivity contribution in [1.82, 2.24) is 0 Å². The summed E-state index contributed by atoms with van der Waals surface area (Å²) in [5, 5.41) is 0. The van der Waals surface area contributed by atoms with E-state index in [0.717, 1.165) is 0 Å². The SMILES string of the molecule is S=P12C3CCCCCCCCCCCCC3OC3CCCCCCCCCCCC(O[C@H]4CCCCCCCCCCCC41)C32. The van der Waals surface area contributed by atoms with Crippen LogP contribution in [0.4, 0.5) is 0 Å². The monoisotopic (exact) mass is 663 g/mol. The fourth-order valence-corrected chi connectivity index (χ4v) is 18.3. The fraction of sp³-hybridized carbons (Fsp3) is 1.00. The van der Waals surface area contributed by atoms with E-state index in [0.29, 0.717) is 41.4 Å². The first-order chi connectivity index (χ1) is 22.3. The maximum Gasteiger partial charge on any atom is 0.0679 e. The van der Waals surface area contributed by atoms with Gasteiger partial charge in [-0.25, -0.2) is 0 Å². The van der Waals surface area contributed by atoms with Crippen molar-refractivity contribution in [3.8, 4) is 0 Å². The van der Waals surface area contributed by atoms with E-state index in [9.17, 15) is 0 Å². The van der Waals surface area contributed by atoms with Crippen LogP contribution < -0.4 is 0 Å². The van der Waals surface area contributed by atoms with Gasteiger partial charge in [0.05, 0.1) is 24.4 Å². The van der Waals surface area contributed by atoms with Crippen LogP contribution in [0.5, 0.6) is 0 Å². The summed E-state index contributed by atoms with van der Waals surface area (Å²) in [5.41, 5.74) is 1.85. The zero-order chi connectivity index (χ0) is 31.0. The number of ether oxygens (including phenoxy) is 2. The van der Waals surface area contributed by atoms with E-state index in [1.165, 1.54) is 218 Å². The van der Waals surface area contributed by atoms with Gasteiger partial charge in [-0.05, 0) is 44.6 Å². The Morgan fingerprint density at radius 3 is 0.800 bits per heavy atom. The van der Waals surface area contributed by atoms with Gasteiger partial charge in [0.2, 0.25) is 0 Å². The topological polar surface area (TPSA) is 18.5 Å². The van der Waals surface area contributed by atoms with Gasteiger partial charge in [-0.3, -0.25) is 0 Å². The molecule has 0 aromatic rings. The minimum absolute atomic E-state index is 0.370. The zero-order valence-electron chi connectivity index (χ0n) is 29.8. The molecule has 0 amide bonds. The van der Waals surface area contributed by atoms with E-state index in [1.54, 1.807) is 0 Å². The minimum Gasteiger partial charge on any atom is -0.374 e. The summed E-state index contributed by atoms with van der Waals surface area (Å²) < 4.78 is 15.0. The van der Waals surface area contributed by atoms with Crippen LogP contribution in [-0.2, 0) is 21.3 Å². The van der Waals surface area contributed by atoms with Gasteiger partial charge in [0, 0.05) is 17.0 Å². The van der Waals surface area contributed by atoms with Crippen LogP contribution in [0.25, 0.3) is 0 Å². The molecule has 5 rings (SSSR count). The molecule has 262 valence electrons. The summed E-state index contributed by atoms with van der Waals surface area (Å²) in [5.74, 6) is 0. The smallest absolute Gasteiger partial charge is 0.0679 e. The summed E-state index contributed by atoms with van der Waals surface area (Å²) in [6.07, 6.45) is 49.1. The lowest BCUT2D eigenvalue weighted by Gasteiger charge is -2.60. The fourth-order valence-electron chi connectivity index (χ4n) is 10.5. The lowest BCUT2D eigenvalue weighted by atomic mass is 9.94. The first kappa shape index (κ1) is 36.8. The molecule has 4 heteroatoms. The quantitative estimate of drug-likeness (QED) is 0.241. The number of hydrogen-bond acceptors (Lipinski definition) is 3. The highest BCUT2D eigenvalue weighted by Crippen LogP contribution is 2.72. The second-order valence-corrected chi connectivity index (χ2v) is 21.8. The van der Waals surface area contributed by atoms with Crippen LogP contribution in [0.15, 0.2) is 0 Å². The molecule has 2 saturated heterocycles. The van der Waals surface area contributed by atoms with Crippen molar-refractivity contribution in [3.05, 3.63) is 0 Å². The molecule has 8 atom stereocenters. The van der Waals surface area contributed by atoms with Crippen molar-refractivity contribution in [2.24, 2.45) is 0 Å². The second kappa shape index (κ2) is 20.9. The van der Waals surface area contributed by atoms with Crippen molar-refractivity contribution >= 4 is 17.8 Å². The molecule has 7 unspecified atom stereocenters. The molecular formula is C41H75O2PS. The first-order valence-corrected chi connectivity index (χ1v) is 24.2.